The largest absolute Gasteiger partial charge is 0.345 e. The minimum absolute atomic E-state index is 0.0583. The molecule has 8 nitrogen and oxygen atoms in total. The van der Waals surface area contributed by atoms with E-state index < -0.39 is 15.8 Å². The third-order valence-corrected chi connectivity index (χ3v) is 7.06. The van der Waals surface area contributed by atoms with Gasteiger partial charge in [0.05, 0.1) is 16.6 Å². The number of hydrogen-bond acceptors (Lipinski definition) is 5. The lowest BCUT2D eigenvalue weighted by Crippen LogP contribution is -2.33. The van der Waals surface area contributed by atoms with E-state index in [1.165, 1.54) is 12.1 Å². The minimum Gasteiger partial charge on any atom is -0.345 e. The molecule has 1 aliphatic carbocycles. The Morgan fingerprint density at radius 1 is 1.24 bits per heavy atom. The Morgan fingerprint density at radius 3 is 2.93 bits per heavy atom. The molecule has 0 aliphatic heterocycles. The Balaban J connectivity index is 1.40. The van der Waals surface area contributed by atoms with Crippen LogP contribution in [0, 0.1) is 12.7 Å². The fourth-order valence-corrected chi connectivity index (χ4v) is 5.31. The van der Waals surface area contributed by atoms with Crippen molar-refractivity contribution in [2.45, 2.75) is 43.0 Å². The van der Waals surface area contributed by atoms with Gasteiger partial charge in [0.25, 0.3) is 0 Å². The first-order valence-corrected chi connectivity index (χ1v) is 10.9. The van der Waals surface area contributed by atoms with Crippen LogP contribution in [0.1, 0.15) is 36.6 Å². The van der Waals surface area contributed by atoms with Gasteiger partial charge in [-0.25, -0.2) is 22.5 Å². The van der Waals surface area contributed by atoms with Gasteiger partial charge in [-0.3, -0.25) is 4.40 Å². The van der Waals surface area contributed by atoms with Gasteiger partial charge < -0.3 is 4.98 Å². The highest BCUT2D eigenvalue weighted by Gasteiger charge is 2.32. The molecule has 4 aromatic rings. The van der Waals surface area contributed by atoms with Crippen LogP contribution < -0.4 is 4.72 Å². The maximum Gasteiger partial charge on any atom is 0.240 e. The lowest BCUT2D eigenvalue weighted by molar-refractivity contribution is 0.544. The second-order valence-electron chi connectivity index (χ2n) is 7.46. The molecule has 10 heteroatoms. The smallest absolute Gasteiger partial charge is 0.240 e. The summed E-state index contributed by atoms with van der Waals surface area (Å²) in [6.45, 7) is 1.60. The van der Waals surface area contributed by atoms with Gasteiger partial charge in [0.15, 0.2) is 11.3 Å². The van der Waals surface area contributed by atoms with E-state index in [0.717, 1.165) is 29.5 Å². The molecule has 1 aliphatic rings. The Labute approximate surface area is 166 Å². The van der Waals surface area contributed by atoms with Crippen LogP contribution >= 0.6 is 0 Å². The normalized spacial score (nSPS) is 20.1. The Bertz CT molecular complexity index is 1330. The number of nitrogens with one attached hydrogen (secondary N) is 2. The molecule has 3 heterocycles. The molecular weight excluding hydrogens is 395 g/mol. The molecule has 0 saturated heterocycles. The van der Waals surface area contributed by atoms with Crippen LogP contribution in [0.2, 0.25) is 0 Å². The summed E-state index contributed by atoms with van der Waals surface area (Å²) >= 11 is 0. The van der Waals surface area contributed by atoms with Crippen molar-refractivity contribution < 1.29 is 12.8 Å². The third kappa shape index (κ3) is 3.08. The molecule has 0 unspecified atom stereocenters. The molecule has 1 fully saturated rings. The standard InChI is InChI=1S/C19H19FN6O2S/c1-11-2-5-14(9-15(11)20)29(27,28)25-13-4-3-12(8-13)19-24-23-17-10-22-18-16(26(17)19)6-7-21-18/h2,5-7,9-10,12-13,21,25H,3-4,8H2,1H3/t12-,13+/m1/s1. The maximum atomic E-state index is 13.8. The zero-order valence-corrected chi connectivity index (χ0v) is 16.4. The molecule has 3 aromatic heterocycles. The summed E-state index contributed by atoms with van der Waals surface area (Å²) in [4.78, 5) is 7.34. The van der Waals surface area contributed by atoms with Crippen LogP contribution in [0.5, 0.6) is 0 Å². The lowest BCUT2D eigenvalue weighted by Gasteiger charge is -2.14. The summed E-state index contributed by atoms with van der Waals surface area (Å²) in [5.74, 6) is 0.333. The van der Waals surface area contributed by atoms with Gasteiger partial charge in [-0.05, 0) is 49.9 Å². The SMILES string of the molecule is Cc1ccc(S(=O)(=O)N[C@H]2CC[C@@H](c3nnc4cnc5[nH]ccc5n34)C2)cc1F. The summed E-state index contributed by atoms with van der Waals surface area (Å²) in [7, 11) is -3.79. The fraction of sp³-hybridized carbons (Fsp3) is 0.316. The van der Waals surface area contributed by atoms with Gasteiger partial charge in [-0.15, -0.1) is 10.2 Å². The Morgan fingerprint density at radius 2 is 2.10 bits per heavy atom. The summed E-state index contributed by atoms with van der Waals surface area (Å²) in [5, 5.41) is 8.56. The van der Waals surface area contributed by atoms with Crippen molar-refractivity contribution >= 4 is 26.8 Å². The van der Waals surface area contributed by atoms with E-state index in [4.69, 9.17) is 0 Å². The Hall–Kier alpha value is -2.85. The highest BCUT2D eigenvalue weighted by molar-refractivity contribution is 7.89. The second-order valence-corrected chi connectivity index (χ2v) is 9.17. The number of halogens is 1. The van der Waals surface area contributed by atoms with Crippen molar-refractivity contribution in [1.82, 2.24) is 29.3 Å². The van der Waals surface area contributed by atoms with Crippen LogP contribution in [0.4, 0.5) is 4.39 Å². The summed E-state index contributed by atoms with van der Waals surface area (Å²) in [6, 6.07) is 5.63. The number of aromatic nitrogens is 5. The number of fused-ring (bicyclic) bond motifs is 3. The number of aromatic amines is 1. The summed E-state index contributed by atoms with van der Waals surface area (Å²) in [5.41, 5.74) is 2.71. The third-order valence-electron chi connectivity index (χ3n) is 5.54. The van der Waals surface area contributed by atoms with Crippen molar-refractivity contribution in [3.05, 3.63) is 53.9 Å². The molecule has 29 heavy (non-hydrogen) atoms. The van der Waals surface area contributed by atoms with Crippen LogP contribution in [0.25, 0.3) is 16.8 Å². The summed E-state index contributed by atoms with van der Waals surface area (Å²) in [6.07, 6.45) is 5.53. The number of rotatable bonds is 4. The molecule has 0 amide bonds. The highest BCUT2D eigenvalue weighted by atomic mass is 32.2. The number of hydrogen-bond donors (Lipinski definition) is 2. The first-order valence-electron chi connectivity index (χ1n) is 9.38. The number of benzene rings is 1. The van der Waals surface area contributed by atoms with Crippen molar-refractivity contribution in [3.63, 3.8) is 0 Å². The zero-order chi connectivity index (χ0) is 20.2. The van der Waals surface area contributed by atoms with Gasteiger partial charge in [0, 0.05) is 18.2 Å². The lowest BCUT2D eigenvalue weighted by atomic mass is 10.1. The highest BCUT2D eigenvalue weighted by Crippen LogP contribution is 2.35. The Kier molecular flexibility index (Phi) is 4.14. The molecule has 1 saturated carbocycles. The minimum atomic E-state index is -3.79. The van der Waals surface area contributed by atoms with Gasteiger partial charge in [-0.1, -0.05) is 6.07 Å². The second kappa shape index (κ2) is 6.60. The van der Waals surface area contributed by atoms with Gasteiger partial charge in [0.2, 0.25) is 10.0 Å². The predicted octanol–water partition coefficient (Wildman–Crippen LogP) is 2.67. The van der Waals surface area contributed by atoms with Crippen LogP contribution in [-0.4, -0.2) is 39.0 Å². The molecule has 5 rings (SSSR count). The van der Waals surface area contributed by atoms with Crippen LogP contribution in [0.15, 0.2) is 41.6 Å². The maximum absolute atomic E-state index is 13.8. The molecule has 0 spiro atoms. The number of H-pyrrole nitrogens is 1. The van der Waals surface area contributed by atoms with Gasteiger partial charge >= 0.3 is 0 Å². The molecular formula is C19H19FN6O2S. The molecule has 2 atom stereocenters. The topological polar surface area (TPSA) is 105 Å². The van der Waals surface area contributed by atoms with Crippen molar-refractivity contribution in [1.29, 1.82) is 0 Å². The fourth-order valence-electron chi connectivity index (χ4n) is 4.01. The summed E-state index contributed by atoms with van der Waals surface area (Å²) < 4.78 is 43.8. The molecule has 0 bridgehead atoms. The van der Waals surface area contributed by atoms with E-state index >= 15 is 0 Å². The van der Waals surface area contributed by atoms with E-state index in [1.54, 1.807) is 13.1 Å². The van der Waals surface area contributed by atoms with E-state index in [2.05, 4.69) is 24.9 Å². The number of nitrogens with zero attached hydrogens (tertiary/aromatic N) is 4. The van der Waals surface area contributed by atoms with E-state index in [0.29, 0.717) is 24.1 Å². The van der Waals surface area contributed by atoms with Crippen molar-refractivity contribution in [3.8, 4) is 0 Å². The predicted molar refractivity (Wildman–Crippen MR) is 104 cm³/mol. The van der Waals surface area contributed by atoms with E-state index in [1.807, 2.05) is 16.7 Å². The van der Waals surface area contributed by atoms with E-state index in [-0.39, 0.29) is 16.9 Å². The molecule has 0 radical (unpaired) electrons. The van der Waals surface area contributed by atoms with Crippen molar-refractivity contribution in [2.75, 3.05) is 0 Å². The first kappa shape index (κ1) is 18.2. The quantitative estimate of drug-likeness (QED) is 0.534. The molecule has 1 aromatic carbocycles. The number of sulfonamides is 1. The molecule has 2 N–H and O–H groups in total. The average Bonchev–Trinajstić information content (AvgIpc) is 3.40. The van der Waals surface area contributed by atoms with Crippen molar-refractivity contribution in [2.24, 2.45) is 0 Å². The number of aryl methyl sites for hydroxylation is 1. The average molecular weight is 414 g/mol. The van der Waals surface area contributed by atoms with E-state index in [9.17, 15) is 12.8 Å². The molecule has 150 valence electrons. The zero-order valence-electron chi connectivity index (χ0n) is 15.6. The van der Waals surface area contributed by atoms with Gasteiger partial charge in [-0.2, -0.15) is 0 Å². The monoisotopic (exact) mass is 414 g/mol. The first-order chi connectivity index (χ1) is 13.9. The van der Waals surface area contributed by atoms with Crippen LogP contribution in [0.3, 0.4) is 0 Å². The van der Waals surface area contributed by atoms with Crippen LogP contribution in [-0.2, 0) is 10.0 Å². The van der Waals surface area contributed by atoms with Gasteiger partial charge in [0.1, 0.15) is 11.6 Å².